The van der Waals surface area contributed by atoms with E-state index in [2.05, 4.69) is 19.6 Å². The van der Waals surface area contributed by atoms with Crippen LogP contribution in [-0.2, 0) is 6.54 Å². The summed E-state index contributed by atoms with van der Waals surface area (Å²) in [5.41, 5.74) is 0.403. The van der Waals surface area contributed by atoms with E-state index in [0.717, 1.165) is 45.1 Å². The number of hydrogen-bond acceptors (Lipinski definition) is 5. The van der Waals surface area contributed by atoms with Crippen molar-refractivity contribution in [2.45, 2.75) is 20.4 Å². The average molecular weight is 303 g/mol. The molecule has 1 aliphatic rings. The van der Waals surface area contributed by atoms with Crippen molar-refractivity contribution >= 4 is 5.91 Å². The van der Waals surface area contributed by atoms with Crippen molar-refractivity contribution in [2.24, 2.45) is 0 Å². The number of aryl methyl sites for hydroxylation is 2. The van der Waals surface area contributed by atoms with Crippen LogP contribution in [0.4, 0.5) is 0 Å². The number of imidazole rings is 1. The molecule has 0 unspecified atom stereocenters. The minimum Gasteiger partial charge on any atom is -0.361 e. The third-order valence-corrected chi connectivity index (χ3v) is 4.09. The normalized spacial score (nSPS) is 16.2. The molecule has 22 heavy (non-hydrogen) atoms. The summed E-state index contributed by atoms with van der Waals surface area (Å²) in [7, 11) is 0. The highest BCUT2D eigenvalue weighted by atomic mass is 16.5. The lowest BCUT2D eigenvalue weighted by Crippen LogP contribution is -2.49. The van der Waals surface area contributed by atoms with E-state index in [1.807, 2.05) is 24.2 Å². The first-order chi connectivity index (χ1) is 10.6. The molecule has 0 aromatic carbocycles. The fourth-order valence-electron chi connectivity index (χ4n) is 2.69. The van der Waals surface area contributed by atoms with Gasteiger partial charge in [-0.15, -0.1) is 0 Å². The van der Waals surface area contributed by atoms with Crippen molar-refractivity contribution in [1.29, 1.82) is 0 Å². The second kappa shape index (κ2) is 6.31. The first-order valence-corrected chi connectivity index (χ1v) is 7.56. The van der Waals surface area contributed by atoms with Crippen molar-refractivity contribution in [3.63, 3.8) is 0 Å². The molecular weight excluding hydrogens is 282 g/mol. The second-order valence-electron chi connectivity index (χ2n) is 5.62. The van der Waals surface area contributed by atoms with Gasteiger partial charge in [0.15, 0.2) is 5.69 Å². The molecule has 3 heterocycles. The maximum absolute atomic E-state index is 12.3. The highest BCUT2D eigenvalue weighted by Gasteiger charge is 2.24. The van der Waals surface area contributed by atoms with Crippen LogP contribution in [0, 0.1) is 13.8 Å². The largest absolute Gasteiger partial charge is 0.361 e. The van der Waals surface area contributed by atoms with Crippen molar-refractivity contribution < 1.29 is 9.32 Å². The molecule has 0 radical (unpaired) electrons. The van der Waals surface area contributed by atoms with Crippen molar-refractivity contribution in [3.05, 3.63) is 35.7 Å². The number of nitrogens with zero attached hydrogens (tertiary/aromatic N) is 5. The lowest BCUT2D eigenvalue weighted by atomic mass is 10.2. The first kappa shape index (κ1) is 14.8. The Morgan fingerprint density at radius 3 is 2.59 bits per heavy atom. The minimum atomic E-state index is -0.0399. The van der Waals surface area contributed by atoms with E-state index >= 15 is 0 Å². The van der Waals surface area contributed by atoms with Gasteiger partial charge in [-0.2, -0.15) is 0 Å². The standard InChI is InChI=1S/C15H21N5O2/c1-12-11-14(17-22-12)15(21)20-9-6-18(7-10-20)5-8-19-4-3-16-13(19)2/h3-4,11H,5-10H2,1-2H3. The van der Waals surface area contributed by atoms with Gasteiger partial charge in [-0.1, -0.05) is 5.16 Å². The van der Waals surface area contributed by atoms with Crippen LogP contribution in [-0.4, -0.2) is 63.1 Å². The smallest absolute Gasteiger partial charge is 0.276 e. The molecule has 7 nitrogen and oxygen atoms in total. The lowest BCUT2D eigenvalue weighted by molar-refractivity contribution is 0.0623. The SMILES string of the molecule is Cc1cc(C(=O)N2CCN(CCn3ccnc3C)CC2)no1. The molecule has 118 valence electrons. The molecule has 0 N–H and O–H groups in total. The Labute approximate surface area is 129 Å². The molecule has 2 aromatic heterocycles. The van der Waals surface area contributed by atoms with E-state index in [4.69, 9.17) is 4.52 Å². The van der Waals surface area contributed by atoms with Gasteiger partial charge in [-0.3, -0.25) is 9.69 Å². The van der Waals surface area contributed by atoms with E-state index in [-0.39, 0.29) is 5.91 Å². The Hall–Kier alpha value is -2.15. The molecule has 0 bridgehead atoms. The Bertz CT molecular complexity index is 640. The van der Waals surface area contributed by atoms with Gasteiger partial charge in [0.05, 0.1) is 0 Å². The Morgan fingerprint density at radius 2 is 2.00 bits per heavy atom. The number of amides is 1. The van der Waals surface area contributed by atoms with Crippen LogP contribution < -0.4 is 0 Å². The number of piperazine rings is 1. The molecule has 1 amide bonds. The van der Waals surface area contributed by atoms with Crippen LogP contribution in [0.3, 0.4) is 0 Å². The van der Waals surface area contributed by atoms with Crippen molar-refractivity contribution in [2.75, 3.05) is 32.7 Å². The summed E-state index contributed by atoms with van der Waals surface area (Å²) >= 11 is 0. The predicted octanol–water partition coefficient (Wildman–Crippen LogP) is 0.946. The molecule has 3 rings (SSSR count). The van der Waals surface area contributed by atoms with E-state index in [1.54, 1.807) is 13.0 Å². The first-order valence-electron chi connectivity index (χ1n) is 7.56. The molecule has 0 aliphatic carbocycles. The number of rotatable bonds is 4. The van der Waals surface area contributed by atoms with Gasteiger partial charge >= 0.3 is 0 Å². The Morgan fingerprint density at radius 1 is 1.23 bits per heavy atom. The van der Waals surface area contributed by atoms with Crippen LogP contribution in [0.5, 0.6) is 0 Å². The number of carbonyl (C=O) groups excluding carboxylic acids is 1. The molecule has 1 fully saturated rings. The van der Waals surface area contributed by atoms with Gasteiger partial charge < -0.3 is 14.0 Å². The molecule has 7 heteroatoms. The zero-order chi connectivity index (χ0) is 15.5. The van der Waals surface area contributed by atoms with Crippen molar-refractivity contribution in [3.8, 4) is 0 Å². The second-order valence-corrected chi connectivity index (χ2v) is 5.62. The zero-order valence-corrected chi connectivity index (χ0v) is 13.0. The molecule has 1 saturated heterocycles. The van der Waals surface area contributed by atoms with Gasteiger partial charge in [0, 0.05) is 57.7 Å². The maximum atomic E-state index is 12.3. The zero-order valence-electron chi connectivity index (χ0n) is 13.0. The number of aromatic nitrogens is 3. The monoisotopic (exact) mass is 303 g/mol. The molecule has 0 spiro atoms. The van der Waals surface area contributed by atoms with Gasteiger partial charge in [0.2, 0.25) is 0 Å². The molecule has 1 aliphatic heterocycles. The molecular formula is C15H21N5O2. The van der Waals surface area contributed by atoms with Crippen LogP contribution in [0.15, 0.2) is 23.0 Å². The van der Waals surface area contributed by atoms with Gasteiger partial charge in [0.25, 0.3) is 5.91 Å². The Balaban J connectivity index is 1.48. The third-order valence-electron chi connectivity index (χ3n) is 4.09. The number of carbonyl (C=O) groups is 1. The third kappa shape index (κ3) is 3.19. The summed E-state index contributed by atoms with van der Waals surface area (Å²) in [4.78, 5) is 20.7. The van der Waals surface area contributed by atoms with Crippen LogP contribution in [0.25, 0.3) is 0 Å². The van der Waals surface area contributed by atoms with E-state index in [0.29, 0.717) is 11.5 Å². The predicted molar refractivity (Wildman–Crippen MR) is 80.5 cm³/mol. The quantitative estimate of drug-likeness (QED) is 0.841. The topological polar surface area (TPSA) is 67.4 Å². The van der Waals surface area contributed by atoms with Crippen LogP contribution in [0.1, 0.15) is 22.1 Å². The van der Waals surface area contributed by atoms with Gasteiger partial charge in [-0.25, -0.2) is 4.98 Å². The summed E-state index contributed by atoms with van der Waals surface area (Å²) in [6.45, 7) is 8.94. The van der Waals surface area contributed by atoms with Gasteiger partial charge in [0.1, 0.15) is 11.6 Å². The van der Waals surface area contributed by atoms with Crippen LogP contribution in [0.2, 0.25) is 0 Å². The number of hydrogen-bond donors (Lipinski definition) is 0. The fraction of sp³-hybridized carbons (Fsp3) is 0.533. The maximum Gasteiger partial charge on any atom is 0.276 e. The Kier molecular flexibility index (Phi) is 4.24. The fourth-order valence-corrected chi connectivity index (χ4v) is 2.69. The van der Waals surface area contributed by atoms with Crippen LogP contribution >= 0.6 is 0 Å². The molecule has 2 aromatic rings. The van der Waals surface area contributed by atoms with Crippen molar-refractivity contribution in [1.82, 2.24) is 24.5 Å². The summed E-state index contributed by atoms with van der Waals surface area (Å²) < 4.78 is 7.12. The van der Waals surface area contributed by atoms with E-state index in [1.165, 1.54) is 0 Å². The van der Waals surface area contributed by atoms with E-state index in [9.17, 15) is 4.79 Å². The summed E-state index contributed by atoms with van der Waals surface area (Å²) in [6.07, 6.45) is 3.83. The summed E-state index contributed by atoms with van der Waals surface area (Å²) in [5.74, 6) is 1.66. The van der Waals surface area contributed by atoms with E-state index < -0.39 is 0 Å². The molecule has 0 atom stereocenters. The van der Waals surface area contributed by atoms with Gasteiger partial charge in [-0.05, 0) is 13.8 Å². The average Bonchev–Trinajstić information content (AvgIpc) is 3.13. The minimum absolute atomic E-state index is 0.0399. The molecule has 0 saturated carbocycles. The highest BCUT2D eigenvalue weighted by Crippen LogP contribution is 2.09. The highest BCUT2D eigenvalue weighted by molar-refractivity contribution is 5.92. The summed E-state index contributed by atoms with van der Waals surface area (Å²) in [6, 6.07) is 1.69. The lowest BCUT2D eigenvalue weighted by Gasteiger charge is -2.34. The summed E-state index contributed by atoms with van der Waals surface area (Å²) in [5, 5.41) is 3.80.